The molecule has 0 aliphatic carbocycles. The molecule has 0 radical (unpaired) electrons. The highest BCUT2D eigenvalue weighted by atomic mass is 16.6. The van der Waals surface area contributed by atoms with Crippen LogP contribution >= 0.6 is 0 Å². The summed E-state index contributed by atoms with van der Waals surface area (Å²) in [7, 11) is 0. The highest BCUT2D eigenvalue weighted by molar-refractivity contribution is 5.89. The van der Waals surface area contributed by atoms with Gasteiger partial charge in [-0.25, -0.2) is 4.79 Å². The molecule has 0 aromatic heterocycles. The molecule has 86 valence electrons. The molecule has 1 N–H and O–H groups in total. The molecule has 0 saturated carbocycles. The van der Waals surface area contributed by atoms with Crippen molar-refractivity contribution in [1.29, 1.82) is 0 Å². The van der Waals surface area contributed by atoms with Gasteiger partial charge in [-0.05, 0) is 33.3 Å². The van der Waals surface area contributed by atoms with E-state index in [1.165, 1.54) is 6.08 Å². The van der Waals surface area contributed by atoms with Gasteiger partial charge < -0.3 is 9.84 Å². The molecule has 0 spiro atoms. The third kappa shape index (κ3) is 6.85. The molecule has 0 saturated heterocycles. The van der Waals surface area contributed by atoms with Crippen molar-refractivity contribution in [3.63, 3.8) is 0 Å². The van der Waals surface area contributed by atoms with E-state index in [2.05, 4.69) is 6.58 Å². The molecule has 0 heterocycles. The summed E-state index contributed by atoms with van der Waals surface area (Å²) < 4.78 is 4.94. The minimum absolute atomic E-state index is 0.0692. The van der Waals surface area contributed by atoms with Crippen molar-refractivity contribution in [3.8, 4) is 0 Å². The van der Waals surface area contributed by atoms with E-state index >= 15 is 0 Å². The number of allylic oxidation sites excluding steroid dienone is 1. The van der Waals surface area contributed by atoms with Crippen molar-refractivity contribution in [2.24, 2.45) is 0 Å². The van der Waals surface area contributed by atoms with E-state index in [0.717, 1.165) is 0 Å². The number of ketones is 1. The van der Waals surface area contributed by atoms with Crippen LogP contribution < -0.4 is 0 Å². The van der Waals surface area contributed by atoms with Gasteiger partial charge in [0.2, 0.25) is 0 Å². The van der Waals surface area contributed by atoms with Crippen molar-refractivity contribution < 1.29 is 19.4 Å². The minimum Gasteiger partial charge on any atom is -0.458 e. The molecule has 0 bridgehead atoms. The Morgan fingerprint density at radius 2 is 2.00 bits per heavy atom. The summed E-state index contributed by atoms with van der Waals surface area (Å²) in [5.41, 5.74) is -0.624. The van der Waals surface area contributed by atoms with Crippen molar-refractivity contribution in [1.82, 2.24) is 0 Å². The van der Waals surface area contributed by atoms with Gasteiger partial charge >= 0.3 is 5.97 Å². The topological polar surface area (TPSA) is 63.6 Å². The fourth-order valence-electron chi connectivity index (χ4n) is 0.869. The summed E-state index contributed by atoms with van der Waals surface area (Å²) in [6.07, 6.45) is 0.0963. The van der Waals surface area contributed by atoms with Crippen LogP contribution in [-0.2, 0) is 14.3 Å². The Morgan fingerprint density at radius 3 is 2.40 bits per heavy atom. The third-order valence-corrected chi connectivity index (χ3v) is 1.57. The van der Waals surface area contributed by atoms with Crippen LogP contribution in [0.4, 0.5) is 0 Å². The molecule has 15 heavy (non-hydrogen) atoms. The summed E-state index contributed by atoms with van der Waals surface area (Å²) in [4.78, 5) is 22.1. The van der Waals surface area contributed by atoms with Crippen LogP contribution in [0.3, 0.4) is 0 Å². The van der Waals surface area contributed by atoms with Crippen LogP contribution in [0.25, 0.3) is 0 Å². The predicted octanol–water partition coefficient (Wildman–Crippen LogP) is 1.22. The van der Waals surface area contributed by atoms with Crippen LogP contribution in [0.2, 0.25) is 0 Å². The van der Waals surface area contributed by atoms with Gasteiger partial charge in [-0.1, -0.05) is 6.58 Å². The van der Waals surface area contributed by atoms with E-state index < -0.39 is 17.7 Å². The number of carbonyl (C=O) groups excluding carboxylic acids is 2. The summed E-state index contributed by atoms with van der Waals surface area (Å²) in [6, 6.07) is 0. The average molecular weight is 214 g/mol. The number of aliphatic hydroxyl groups is 1. The van der Waals surface area contributed by atoms with Crippen molar-refractivity contribution in [3.05, 3.63) is 12.7 Å². The lowest BCUT2D eigenvalue weighted by Crippen LogP contribution is -2.32. The van der Waals surface area contributed by atoms with Crippen molar-refractivity contribution in [2.45, 2.75) is 45.3 Å². The smallest absolute Gasteiger partial charge is 0.335 e. The number of hydrogen-bond donors (Lipinski definition) is 1. The first-order valence-electron chi connectivity index (χ1n) is 4.82. The Morgan fingerprint density at radius 1 is 1.47 bits per heavy atom. The van der Waals surface area contributed by atoms with Crippen LogP contribution in [0, 0.1) is 0 Å². The second-order valence-corrected chi connectivity index (χ2v) is 4.26. The Bertz CT molecular complexity index is 250. The highest BCUT2D eigenvalue weighted by Gasteiger charge is 2.23. The molecule has 0 aromatic carbocycles. The summed E-state index contributed by atoms with van der Waals surface area (Å²) >= 11 is 0. The molecular formula is C11H18O4. The molecule has 0 aliphatic heterocycles. The van der Waals surface area contributed by atoms with E-state index in [4.69, 9.17) is 4.74 Å². The van der Waals surface area contributed by atoms with Gasteiger partial charge in [0.05, 0.1) is 0 Å². The number of esters is 1. The van der Waals surface area contributed by atoms with Gasteiger partial charge in [0, 0.05) is 6.42 Å². The van der Waals surface area contributed by atoms with Gasteiger partial charge in [0.15, 0.2) is 11.9 Å². The van der Waals surface area contributed by atoms with E-state index in [1.807, 2.05) is 0 Å². The fourth-order valence-corrected chi connectivity index (χ4v) is 0.869. The standard InChI is InChI=1S/C11H18O4/c1-5-8(12)6-7-9(13)10(14)15-11(2,3)4/h5,9,13H,1,6-7H2,2-4H3. The molecule has 0 rings (SSSR count). The summed E-state index contributed by atoms with van der Waals surface area (Å²) in [5, 5.41) is 9.36. The molecule has 0 aliphatic rings. The fraction of sp³-hybridized carbons (Fsp3) is 0.636. The Labute approximate surface area is 89.9 Å². The normalized spacial score (nSPS) is 13.1. The average Bonchev–Trinajstić information content (AvgIpc) is 2.10. The van der Waals surface area contributed by atoms with Gasteiger partial charge in [0.1, 0.15) is 5.60 Å². The largest absolute Gasteiger partial charge is 0.458 e. The Kier molecular flexibility index (Phi) is 5.22. The van der Waals surface area contributed by atoms with Crippen LogP contribution in [-0.4, -0.2) is 28.6 Å². The highest BCUT2D eigenvalue weighted by Crippen LogP contribution is 2.10. The van der Waals surface area contributed by atoms with Crippen LogP contribution in [0.5, 0.6) is 0 Å². The molecule has 4 nitrogen and oxygen atoms in total. The maximum atomic E-state index is 11.3. The van der Waals surface area contributed by atoms with Gasteiger partial charge in [-0.15, -0.1) is 0 Å². The minimum atomic E-state index is -1.24. The molecular weight excluding hydrogens is 196 g/mol. The monoisotopic (exact) mass is 214 g/mol. The van der Waals surface area contributed by atoms with Gasteiger partial charge in [0.25, 0.3) is 0 Å². The Balaban J connectivity index is 4.00. The first kappa shape index (κ1) is 13.8. The second-order valence-electron chi connectivity index (χ2n) is 4.26. The number of hydrogen-bond acceptors (Lipinski definition) is 4. The summed E-state index contributed by atoms with van der Waals surface area (Å²) in [5.74, 6) is -0.892. The molecule has 1 unspecified atom stereocenters. The summed E-state index contributed by atoms with van der Waals surface area (Å²) in [6.45, 7) is 8.44. The van der Waals surface area contributed by atoms with Crippen LogP contribution in [0.1, 0.15) is 33.6 Å². The third-order valence-electron chi connectivity index (χ3n) is 1.57. The zero-order chi connectivity index (χ0) is 12.1. The Hall–Kier alpha value is -1.16. The van der Waals surface area contributed by atoms with Crippen LogP contribution in [0.15, 0.2) is 12.7 Å². The maximum absolute atomic E-state index is 11.3. The number of rotatable bonds is 5. The predicted molar refractivity (Wildman–Crippen MR) is 56.3 cm³/mol. The van der Waals surface area contributed by atoms with E-state index in [1.54, 1.807) is 20.8 Å². The molecule has 0 aromatic rings. The molecule has 0 amide bonds. The number of carbonyl (C=O) groups is 2. The lowest BCUT2D eigenvalue weighted by molar-refractivity contribution is -0.165. The SMILES string of the molecule is C=CC(=O)CCC(O)C(=O)OC(C)(C)C. The van der Waals surface area contributed by atoms with Crippen molar-refractivity contribution >= 4 is 11.8 Å². The lowest BCUT2D eigenvalue weighted by Gasteiger charge is -2.21. The first-order valence-corrected chi connectivity index (χ1v) is 4.82. The first-order chi connectivity index (χ1) is 6.76. The lowest BCUT2D eigenvalue weighted by atomic mass is 10.1. The zero-order valence-electron chi connectivity index (χ0n) is 9.45. The van der Waals surface area contributed by atoms with E-state index in [9.17, 15) is 14.7 Å². The maximum Gasteiger partial charge on any atom is 0.335 e. The van der Waals surface area contributed by atoms with Crippen molar-refractivity contribution in [2.75, 3.05) is 0 Å². The number of aliphatic hydroxyl groups excluding tert-OH is 1. The second kappa shape index (κ2) is 5.66. The van der Waals surface area contributed by atoms with Gasteiger partial charge in [-0.3, -0.25) is 4.79 Å². The van der Waals surface area contributed by atoms with Gasteiger partial charge in [-0.2, -0.15) is 0 Å². The van der Waals surface area contributed by atoms with E-state index in [0.29, 0.717) is 0 Å². The quantitative estimate of drug-likeness (QED) is 0.552. The molecule has 1 atom stereocenters. The number of ether oxygens (including phenoxy) is 1. The molecule has 4 heteroatoms. The van der Waals surface area contributed by atoms with E-state index in [-0.39, 0.29) is 18.6 Å². The zero-order valence-corrected chi connectivity index (χ0v) is 9.45. The molecule has 0 fully saturated rings.